The molecule has 1 aliphatic heterocycles. The number of rotatable bonds is 3. The van der Waals surface area contributed by atoms with E-state index >= 15 is 0 Å². The van der Waals surface area contributed by atoms with Gasteiger partial charge in [-0.15, -0.1) is 0 Å². The first-order valence-electron chi connectivity index (χ1n) is 8.44. The van der Waals surface area contributed by atoms with Gasteiger partial charge in [-0.1, -0.05) is 46.3 Å². The van der Waals surface area contributed by atoms with Crippen molar-refractivity contribution in [2.75, 3.05) is 4.90 Å². The van der Waals surface area contributed by atoms with Crippen molar-refractivity contribution in [2.24, 2.45) is 4.99 Å². The average molecular weight is 439 g/mol. The fraction of sp³-hybridized carbons (Fsp3) is 0. The lowest BCUT2D eigenvalue weighted by Crippen LogP contribution is -2.33. The van der Waals surface area contributed by atoms with E-state index in [2.05, 4.69) is 20.9 Å². The molecule has 0 spiro atoms. The molecule has 1 amide bonds. The van der Waals surface area contributed by atoms with Crippen molar-refractivity contribution in [3.8, 4) is 0 Å². The molecular weight excluding hydrogens is 426 g/mol. The van der Waals surface area contributed by atoms with E-state index in [1.807, 2.05) is 6.07 Å². The summed E-state index contributed by atoms with van der Waals surface area (Å²) in [4.78, 5) is 18.9. The largest absolute Gasteiger partial charge is 0.282 e. The summed E-state index contributed by atoms with van der Waals surface area (Å²) in [5.74, 6) is -1.03. The van der Waals surface area contributed by atoms with Crippen LogP contribution in [0.2, 0.25) is 0 Å². The summed E-state index contributed by atoms with van der Waals surface area (Å²) in [6.45, 7) is 0. The Balaban J connectivity index is 1.85. The highest BCUT2D eigenvalue weighted by atomic mass is 79.9. The minimum absolute atomic E-state index is 0.143. The molecule has 6 heteroatoms. The van der Waals surface area contributed by atoms with Gasteiger partial charge in [0.2, 0.25) is 0 Å². The molecule has 0 saturated carbocycles. The predicted octanol–water partition coefficient (Wildman–Crippen LogP) is 5.56. The summed E-state index contributed by atoms with van der Waals surface area (Å²) in [6.07, 6.45) is 1.56. The van der Waals surface area contributed by atoms with Crippen molar-refractivity contribution < 1.29 is 13.6 Å². The normalized spacial score (nSPS) is 15.2. The third-order valence-corrected chi connectivity index (χ3v) is 4.71. The lowest BCUT2D eigenvalue weighted by molar-refractivity contribution is -0.113. The van der Waals surface area contributed by atoms with Gasteiger partial charge in [-0.2, -0.15) is 0 Å². The van der Waals surface area contributed by atoms with Crippen molar-refractivity contribution in [1.82, 2.24) is 0 Å². The lowest BCUT2D eigenvalue weighted by atomic mass is 10.1. The Morgan fingerprint density at radius 2 is 1.68 bits per heavy atom. The summed E-state index contributed by atoms with van der Waals surface area (Å²) in [7, 11) is 0. The van der Waals surface area contributed by atoms with Gasteiger partial charge in [0, 0.05) is 4.47 Å². The van der Waals surface area contributed by atoms with Crippen LogP contribution in [-0.2, 0) is 4.79 Å². The number of anilines is 1. The molecule has 4 rings (SSSR count). The van der Waals surface area contributed by atoms with E-state index in [-0.39, 0.29) is 28.8 Å². The zero-order valence-corrected chi connectivity index (χ0v) is 16.0. The summed E-state index contributed by atoms with van der Waals surface area (Å²) in [6, 6.07) is 19.0. The van der Waals surface area contributed by atoms with E-state index < -0.39 is 5.82 Å². The maximum Gasteiger partial charge on any atom is 0.282 e. The molecule has 0 aliphatic carbocycles. The Kier molecular flexibility index (Phi) is 4.88. The number of nitrogens with zero attached hydrogens (tertiary/aromatic N) is 2. The first kappa shape index (κ1) is 18.3. The highest BCUT2D eigenvalue weighted by Gasteiger charge is 2.33. The number of benzene rings is 3. The van der Waals surface area contributed by atoms with Crippen molar-refractivity contribution in [3.63, 3.8) is 0 Å². The molecule has 0 N–H and O–H groups in total. The Labute approximate surface area is 168 Å². The number of amidine groups is 1. The van der Waals surface area contributed by atoms with Crippen LogP contribution in [0.25, 0.3) is 6.08 Å². The average Bonchev–Trinajstić information content (AvgIpc) is 3.00. The van der Waals surface area contributed by atoms with Gasteiger partial charge in [-0.25, -0.2) is 13.8 Å². The Morgan fingerprint density at radius 1 is 0.929 bits per heavy atom. The van der Waals surface area contributed by atoms with Gasteiger partial charge in [0.25, 0.3) is 5.91 Å². The van der Waals surface area contributed by atoms with Crippen LogP contribution in [0.5, 0.6) is 0 Å². The van der Waals surface area contributed by atoms with Crippen LogP contribution in [-0.4, -0.2) is 11.7 Å². The first-order valence-corrected chi connectivity index (χ1v) is 9.23. The van der Waals surface area contributed by atoms with Crippen LogP contribution in [0.3, 0.4) is 0 Å². The van der Waals surface area contributed by atoms with Crippen LogP contribution in [0.1, 0.15) is 11.1 Å². The molecule has 3 aromatic rings. The Morgan fingerprint density at radius 3 is 2.39 bits per heavy atom. The van der Waals surface area contributed by atoms with Crippen LogP contribution >= 0.6 is 15.9 Å². The van der Waals surface area contributed by atoms with Crippen molar-refractivity contribution >= 4 is 39.4 Å². The number of hydrogen-bond donors (Lipinski definition) is 0. The zero-order valence-electron chi connectivity index (χ0n) is 14.4. The maximum absolute atomic E-state index is 14.4. The molecule has 0 fully saturated rings. The molecule has 1 aliphatic rings. The van der Waals surface area contributed by atoms with Crippen molar-refractivity contribution in [3.05, 3.63) is 106 Å². The maximum atomic E-state index is 14.4. The van der Waals surface area contributed by atoms with Crippen molar-refractivity contribution in [1.29, 1.82) is 0 Å². The Bertz CT molecular complexity index is 1120. The molecule has 1 heterocycles. The second kappa shape index (κ2) is 7.48. The van der Waals surface area contributed by atoms with Crippen LogP contribution in [0.15, 0.2) is 88.0 Å². The number of carbonyl (C=O) groups excluding carboxylic acids is 1. The number of halogens is 3. The van der Waals surface area contributed by atoms with Gasteiger partial charge in [-0.3, -0.25) is 9.69 Å². The van der Waals surface area contributed by atoms with Crippen molar-refractivity contribution in [2.45, 2.75) is 0 Å². The van der Waals surface area contributed by atoms with Gasteiger partial charge >= 0.3 is 0 Å². The van der Waals surface area contributed by atoms with Gasteiger partial charge in [-0.05, 0) is 54.1 Å². The molecule has 0 atom stereocenters. The van der Waals surface area contributed by atoms with Gasteiger partial charge in [0.1, 0.15) is 17.3 Å². The minimum Gasteiger partial charge on any atom is -0.266 e. The fourth-order valence-corrected chi connectivity index (χ4v) is 3.30. The summed E-state index contributed by atoms with van der Waals surface area (Å²) >= 11 is 3.39. The zero-order chi connectivity index (χ0) is 19.7. The van der Waals surface area contributed by atoms with E-state index in [0.29, 0.717) is 11.3 Å². The Hall–Kier alpha value is -3.12. The SMILES string of the molecule is O=C1/C(=C\c2ccc(F)cc2)N=C(c2ccccc2F)N1c1cccc(Br)c1. The molecule has 0 radical (unpaired) electrons. The van der Waals surface area contributed by atoms with Crippen LogP contribution in [0, 0.1) is 11.6 Å². The number of amides is 1. The van der Waals surface area contributed by atoms with E-state index in [9.17, 15) is 13.6 Å². The topological polar surface area (TPSA) is 32.7 Å². The van der Waals surface area contributed by atoms with Crippen LogP contribution < -0.4 is 4.90 Å². The predicted molar refractivity (Wildman–Crippen MR) is 109 cm³/mol. The van der Waals surface area contributed by atoms with Gasteiger partial charge in [0.05, 0.1) is 11.3 Å². The van der Waals surface area contributed by atoms with E-state index in [4.69, 9.17) is 0 Å². The standard InChI is InChI=1S/C22H13BrF2N2O/c23-15-4-3-5-17(13-15)27-21(18-6-1-2-7-19(18)25)26-20(22(27)28)12-14-8-10-16(24)11-9-14/h1-13H/b20-12+. The molecule has 0 aromatic heterocycles. The highest BCUT2D eigenvalue weighted by Crippen LogP contribution is 2.30. The third kappa shape index (κ3) is 3.51. The second-order valence-corrected chi connectivity index (χ2v) is 7.03. The lowest BCUT2D eigenvalue weighted by Gasteiger charge is -2.19. The molecule has 0 bridgehead atoms. The summed E-state index contributed by atoms with van der Waals surface area (Å²) in [5, 5.41) is 0. The molecule has 3 aromatic carbocycles. The first-order chi connectivity index (χ1) is 13.5. The van der Waals surface area contributed by atoms with Gasteiger partial charge < -0.3 is 0 Å². The minimum atomic E-state index is -0.475. The molecule has 0 saturated heterocycles. The second-order valence-electron chi connectivity index (χ2n) is 6.12. The van der Waals surface area contributed by atoms with Gasteiger partial charge in [0.15, 0.2) is 5.84 Å². The third-order valence-electron chi connectivity index (χ3n) is 4.21. The molecule has 138 valence electrons. The smallest absolute Gasteiger partial charge is 0.266 e. The van der Waals surface area contributed by atoms with Crippen LogP contribution in [0.4, 0.5) is 14.5 Å². The van der Waals surface area contributed by atoms with E-state index in [1.165, 1.54) is 23.1 Å². The summed E-state index contributed by atoms with van der Waals surface area (Å²) < 4.78 is 28.4. The summed E-state index contributed by atoms with van der Waals surface area (Å²) in [5.41, 5.74) is 1.55. The fourth-order valence-electron chi connectivity index (χ4n) is 2.91. The number of hydrogen-bond acceptors (Lipinski definition) is 2. The van der Waals surface area contributed by atoms with E-state index in [0.717, 1.165) is 4.47 Å². The molecule has 0 unspecified atom stereocenters. The number of aliphatic imine (C=N–C) groups is 1. The van der Waals surface area contributed by atoms with E-state index in [1.54, 1.807) is 54.6 Å². The molecular formula is C22H13BrF2N2O. The number of carbonyl (C=O) groups is 1. The monoisotopic (exact) mass is 438 g/mol. The molecule has 3 nitrogen and oxygen atoms in total. The quantitative estimate of drug-likeness (QED) is 0.492. The highest BCUT2D eigenvalue weighted by molar-refractivity contribution is 9.10. The molecule has 28 heavy (non-hydrogen) atoms.